The van der Waals surface area contributed by atoms with E-state index in [-0.39, 0.29) is 11.5 Å². The second-order valence-corrected chi connectivity index (χ2v) is 6.52. The number of nitriles is 1. The molecule has 0 N–H and O–H groups in total. The smallest absolute Gasteiger partial charge is 0.173 e. The number of benzene rings is 1. The van der Waals surface area contributed by atoms with Crippen LogP contribution in [-0.2, 0) is 0 Å². The minimum Gasteiger partial charge on any atom is -0.293 e. The van der Waals surface area contributed by atoms with E-state index in [1.807, 2.05) is 12.1 Å². The fourth-order valence-electron chi connectivity index (χ4n) is 2.16. The zero-order valence-electron chi connectivity index (χ0n) is 13.0. The molecule has 0 aliphatic rings. The highest BCUT2D eigenvalue weighted by molar-refractivity contribution is 8.00. The number of halogens is 1. The number of nitrogens with zero attached hydrogens (tertiary/aromatic N) is 3. The molecule has 0 spiro atoms. The van der Waals surface area contributed by atoms with E-state index in [1.165, 1.54) is 11.8 Å². The molecule has 6 heteroatoms. The van der Waals surface area contributed by atoms with Crippen LogP contribution in [0, 0.1) is 11.3 Å². The Morgan fingerprint density at radius 3 is 2.64 bits per heavy atom. The number of rotatable bonds is 5. The Morgan fingerprint density at radius 1 is 1.16 bits per heavy atom. The van der Waals surface area contributed by atoms with E-state index in [4.69, 9.17) is 11.6 Å². The van der Waals surface area contributed by atoms with Crippen LogP contribution in [0.2, 0.25) is 5.02 Å². The van der Waals surface area contributed by atoms with Crippen LogP contribution >= 0.6 is 23.4 Å². The summed E-state index contributed by atoms with van der Waals surface area (Å²) in [4.78, 5) is 20.9. The summed E-state index contributed by atoms with van der Waals surface area (Å²) < 4.78 is 0. The molecule has 0 aliphatic heterocycles. The molecule has 25 heavy (non-hydrogen) atoms. The molecule has 0 saturated heterocycles. The molecule has 1 aromatic carbocycles. The summed E-state index contributed by atoms with van der Waals surface area (Å²) in [7, 11) is 0. The summed E-state index contributed by atoms with van der Waals surface area (Å²) >= 11 is 7.09. The van der Waals surface area contributed by atoms with Crippen LogP contribution in [-0.4, -0.2) is 21.5 Å². The molecule has 0 atom stereocenters. The van der Waals surface area contributed by atoms with Gasteiger partial charge in [0, 0.05) is 28.5 Å². The minimum atomic E-state index is -0.0425. The maximum Gasteiger partial charge on any atom is 0.173 e. The maximum atomic E-state index is 12.3. The van der Waals surface area contributed by atoms with Crippen molar-refractivity contribution in [3.05, 3.63) is 77.1 Å². The topological polar surface area (TPSA) is 66.6 Å². The van der Waals surface area contributed by atoms with E-state index >= 15 is 0 Å². The van der Waals surface area contributed by atoms with E-state index in [9.17, 15) is 10.1 Å². The third-order valence-electron chi connectivity index (χ3n) is 3.44. The van der Waals surface area contributed by atoms with Gasteiger partial charge < -0.3 is 0 Å². The summed E-state index contributed by atoms with van der Waals surface area (Å²) in [5.74, 6) is 0.152. The van der Waals surface area contributed by atoms with Crippen LogP contribution in [0.15, 0.2) is 66.0 Å². The first kappa shape index (κ1) is 17.2. The van der Waals surface area contributed by atoms with Crippen molar-refractivity contribution in [3.63, 3.8) is 0 Å². The Hall–Kier alpha value is -2.68. The van der Waals surface area contributed by atoms with E-state index in [0.29, 0.717) is 26.9 Å². The molecule has 0 radical (unpaired) electrons. The minimum absolute atomic E-state index is 0.0425. The zero-order valence-corrected chi connectivity index (χ0v) is 14.6. The quantitative estimate of drug-likeness (QED) is 0.486. The lowest BCUT2D eigenvalue weighted by Gasteiger charge is -2.06. The first-order valence-corrected chi connectivity index (χ1v) is 8.77. The SMILES string of the molecule is N#Cc1ccc(-c2cccnc2)nc1SCC(=O)c1ccc(Cl)cc1. The molecule has 0 bridgehead atoms. The lowest BCUT2D eigenvalue weighted by atomic mass is 10.1. The van der Waals surface area contributed by atoms with Gasteiger partial charge in [-0.15, -0.1) is 0 Å². The number of thioether (sulfide) groups is 1. The summed E-state index contributed by atoms with van der Waals surface area (Å²) in [6.45, 7) is 0. The van der Waals surface area contributed by atoms with Gasteiger partial charge in [0.05, 0.1) is 17.0 Å². The highest BCUT2D eigenvalue weighted by Gasteiger charge is 2.12. The van der Waals surface area contributed by atoms with Crippen LogP contribution in [0.5, 0.6) is 0 Å². The first-order valence-electron chi connectivity index (χ1n) is 7.40. The van der Waals surface area contributed by atoms with Crippen molar-refractivity contribution in [1.82, 2.24) is 9.97 Å². The highest BCUT2D eigenvalue weighted by atomic mass is 35.5. The van der Waals surface area contributed by atoms with Crippen molar-refractivity contribution in [2.24, 2.45) is 0 Å². The van der Waals surface area contributed by atoms with Crippen LogP contribution in [0.1, 0.15) is 15.9 Å². The molecule has 0 unspecified atom stereocenters. The number of Topliss-reactive ketones (excluding diaryl/α,β-unsaturated/α-hetero) is 1. The average molecular weight is 366 g/mol. The highest BCUT2D eigenvalue weighted by Crippen LogP contribution is 2.25. The number of aromatic nitrogens is 2. The fourth-order valence-corrected chi connectivity index (χ4v) is 3.16. The molecule has 3 rings (SSSR count). The lowest BCUT2D eigenvalue weighted by molar-refractivity contribution is 0.102. The van der Waals surface area contributed by atoms with Crippen molar-refractivity contribution in [2.45, 2.75) is 5.03 Å². The largest absolute Gasteiger partial charge is 0.293 e. The van der Waals surface area contributed by atoms with Crippen molar-refractivity contribution in [1.29, 1.82) is 5.26 Å². The molecule has 2 heterocycles. The van der Waals surface area contributed by atoms with Crippen LogP contribution in [0.4, 0.5) is 0 Å². The average Bonchev–Trinajstić information content (AvgIpc) is 2.67. The van der Waals surface area contributed by atoms with Gasteiger partial charge in [-0.05, 0) is 48.5 Å². The van der Waals surface area contributed by atoms with Gasteiger partial charge in [0.15, 0.2) is 5.78 Å². The molecule has 3 aromatic rings. The first-order chi connectivity index (χ1) is 12.2. The van der Waals surface area contributed by atoms with Gasteiger partial charge >= 0.3 is 0 Å². The van der Waals surface area contributed by atoms with Crippen molar-refractivity contribution >= 4 is 29.1 Å². The maximum absolute atomic E-state index is 12.3. The summed E-state index contributed by atoms with van der Waals surface area (Å²) in [6, 6.07) is 16.1. The van der Waals surface area contributed by atoms with Crippen LogP contribution in [0.25, 0.3) is 11.3 Å². The van der Waals surface area contributed by atoms with Crippen molar-refractivity contribution < 1.29 is 4.79 Å². The predicted molar refractivity (Wildman–Crippen MR) is 98.7 cm³/mol. The van der Waals surface area contributed by atoms with E-state index in [1.54, 1.807) is 48.8 Å². The summed E-state index contributed by atoms with van der Waals surface area (Å²) in [6.07, 6.45) is 3.40. The monoisotopic (exact) mass is 365 g/mol. The van der Waals surface area contributed by atoms with Gasteiger partial charge in [-0.25, -0.2) is 4.98 Å². The van der Waals surface area contributed by atoms with Crippen molar-refractivity contribution in [2.75, 3.05) is 5.75 Å². The van der Waals surface area contributed by atoms with Gasteiger partial charge in [-0.2, -0.15) is 5.26 Å². The number of pyridine rings is 2. The summed E-state index contributed by atoms with van der Waals surface area (Å²) in [5, 5.41) is 10.4. The van der Waals surface area contributed by atoms with Gasteiger partial charge in [0.1, 0.15) is 11.1 Å². The fraction of sp³-hybridized carbons (Fsp3) is 0.0526. The molecule has 0 saturated carbocycles. The summed E-state index contributed by atoms with van der Waals surface area (Å²) in [5.41, 5.74) is 2.60. The Kier molecular flexibility index (Phi) is 5.44. The van der Waals surface area contributed by atoms with Crippen LogP contribution < -0.4 is 0 Å². The van der Waals surface area contributed by atoms with E-state index in [2.05, 4.69) is 16.0 Å². The molecule has 122 valence electrons. The molecular weight excluding hydrogens is 354 g/mol. The molecule has 4 nitrogen and oxygen atoms in total. The Morgan fingerprint density at radius 2 is 1.96 bits per heavy atom. The van der Waals surface area contributed by atoms with Gasteiger partial charge in [0.25, 0.3) is 0 Å². The van der Waals surface area contributed by atoms with Gasteiger partial charge in [-0.3, -0.25) is 9.78 Å². The van der Waals surface area contributed by atoms with E-state index in [0.717, 1.165) is 5.56 Å². The third-order valence-corrected chi connectivity index (χ3v) is 4.69. The predicted octanol–water partition coefficient (Wildman–Crippen LogP) is 4.64. The standard InChI is InChI=1S/C19H12ClN3OS/c20-16-6-3-13(4-7-16)18(24)12-25-19-14(10-21)5-8-17(23-19)15-2-1-9-22-11-15/h1-9,11H,12H2. The second-order valence-electron chi connectivity index (χ2n) is 5.12. The van der Waals surface area contributed by atoms with Gasteiger partial charge in [0.2, 0.25) is 0 Å². The molecule has 0 amide bonds. The Balaban J connectivity index is 1.80. The van der Waals surface area contributed by atoms with Crippen LogP contribution in [0.3, 0.4) is 0 Å². The Bertz CT molecular complexity index is 937. The van der Waals surface area contributed by atoms with Crippen molar-refractivity contribution in [3.8, 4) is 17.3 Å². The lowest BCUT2D eigenvalue weighted by Crippen LogP contribution is -2.03. The number of carbonyl (C=O) groups is 1. The molecule has 2 aromatic heterocycles. The molecule has 0 fully saturated rings. The van der Waals surface area contributed by atoms with E-state index < -0.39 is 0 Å². The molecular formula is C19H12ClN3OS. The Labute approximate surface area is 154 Å². The number of carbonyl (C=O) groups excluding carboxylic acids is 1. The third kappa shape index (κ3) is 4.24. The number of hydrogen-bond acceptors (Lipinski definition) is 5. The second kappa shape index (κ2) is 7.93. The number of ketones is 1. The number of hydrogen-bond donors (Lipinski definition) is 0. The molecule has 0 aliphatic carbocycles. The normalized spacial score (nSPS) is 10.2. The zero-order chi connectivity index (χ0) is 17.6. The van der Waals surface area contributed by atoms with Gasteiger partial charge in [-0.1, -0.05) is 23.4 Å².